The maximum atomic E-state index is 13.4. The monoisotopic (exact) mass is 300 g/mol. The molecule has 0 heterocycles. The Morgan fingerprint density at radius 2 is 1.75 bits per heavy atom. The number of halogens is 4. The molecule has 0 saturated heterocycles. The van der Waals surface area contributed by atoms with Gasteiger partial charge in [-0.05, 0) is 12.1 Å². The molecule has 0 aliphatic heterocycles. The highest BCUT2D eigenvalue weighted by Gasteiger charge is 2.17. The minimum atomic E-state index is -1.35. The molecule has 0 atom stereocenters. The molecule has 0 radical (unpaired) electrons. The molecule has 2 aromatic carbocycles. The molecule has 0 saturated carbocycles. The van der Waals surface area contributed by atoms with E-state index in [1.807, 2.05) is 0 Å². The molecular weight excluding hydrogens is 293 g/mol. The van der Waals surface area contributed by atoms with Crippen LogP contribution in [0.1, 0.15) is 10.4 Å². The van der Waals surface area contributed by atoms with Crippen molar-refractivity contribution in [3.8, 4) is 0 Å². The quantitative estimate of drug-likeness (QED) is 0.658. The second-order valence-electron chi connectivity index (χ2n) is 3.90. The highest BCUT2D eigenvalue weighted by atomic mass is 35.5. The average Bonchev–Trinajstić information content (AvgIpc) is 2.35. The molecule has 0 aromatic heterocycles. The summed E-state index contributed by atoms with van der Waals surface area (Å²) in [5.74, 6) is -4.56. The molecule has 0 aliphatic carbocycles. The van der Waals surface area contributed by atoms with Gasteiger partial charge in [-0.25, -0.2) is 13.2 Å². The number of benzene rings is 2. The third-order valence-electron chi connectivity index (χ3n) is 2.53. The second kappa shape index (κ2) is 5.42. The molecule has 104 valence electrons. The van der Waals surface area contributed by atoms with Gasteiger partial charge in [-0.15, -0.1) is 0 Å². The Labute approximate surface area is 117 Å². The summed E-state index contributed by atoms with van der Waals surface area (Å²) in [5.41, 5.74) is 5.10. The summed E-state index contributed by atoms with van der Waals surface area (Å²) < 4.78 is 39.2. The predicted octanol–water partition coefficient (Wildman–Crippen LogP) is 3.59. The fraction of sp³-hybridized carbons (Fsp3) is 0. The van der Waals surface area contributed by atoms with Crippen LogP contribution in [0.25, 0.3) is 0 Å². The molecule has 1 amide bonds. The molecule has 0 fully saturated rings. The van der Waals surface area contributed by atoms with Gasteiger partial charge in [0.05, 0.1) is 16.3 Å². The van der Waals surface area contributed by atoms with E-state index in [2.05, 4.69) is 5.32 Å². The lowest BCUT2D eigenvalue weighted by Crippen LogP contribution is -2.16. The smallest absolute Gasteiger partial charge is 0.259 e. The Morgan fingerprint density at radius 1 is 1.10 bits per heavy atom. The number of hydrogen-bond acceptors (Lipinski definition) is 2. The first kappa shape index (κ1) is 14.2. The fourth-order valence-electron chi connectivity index (χ4n) is 1.58. The van der Waals surface area contributed by atoms with Gasteiger partial charge in [0.15, 0.2) is 11.6 Å². The highest BCUT2D eigenvalue weighted by Crippen LogP contribution is 2.24. The third kappa shape index (κ3) is 2.70. The molecule has 2 aromatic rings. The number of nitrogens with two attached hydrogens (primary N) is 1. The number of rotatable bonds is 2. The minimum absolute atomic E-state index is 0.0606. The summed E-state index contributed by atoms with van der Waals surface area (Å²) in [5, 5.41) is 2.15. The lowest BCUT2D eigenvalue weighted by molar-refractivity contribution is 0.102. The Kier molecular flexibility index (Phi) is 3.85. The van der Waals surface area contributed by atoms with Crippen LogP contribution < -0.4 is 11.1 Å². The summed E-state index contributed by atoms with van der Waals surface area (Å²) in [6.45, 7) is 0. The number of carbonyl (C=O) groups is 1. The molecule has 0 bridgehead atoms. The topological polar surface area (TPSA) is 55.1 Å². The number of nitrogen functional groups attached to an aromatic ring is 1. The zero-order chi connectivity index (χ0) is 14.9. The largest absolute Gasteiger partial charge is 0.398 e. The SMILES string of the molecule is Nc1cccc(Cl)c1C(=O)Nc1cc(F)c(F)cc1F. The van der Waals surface area contributed by atoms with Gasteiger partial charge in [-0.3, -0.25) is 4.79 Å². The molecule has 0 spiro atoms. The van der Waals surface area contributed by atoms with E-state index in [9.17, 15) is 18.0 Å². The van der Waals surface area contributed by atoms with E-state index in [0.29, 0.717) is 12.1 Å². The van der Waals surface area contributed by atoms with Gasteiger partial charge in [0.1, 0.15) is 5.82 Å². The average molecular weight is 301 g/mol. The van der Waals surface area contributed by atoms with Gasteiger partial charge in [0, 0.05) is 17.8 Å². The van der Waals surface area contributed by atoms with Crippen molar-refractivity contribution >= 4 is 28.9 Å². The van der Waals surface area contributed by atoms with E-state index in [0.717, 1.165) is 0 Å². The molecule has 0 unspecified atom stereocenters. The maximum absolute atomic E-state index is 13.4. The van der Waals surface area contributed by atoms with Gasteiger partial charge in [-0.2, -0.15) is 0 Å². The molecule has 0 aliphatic rings. The van der Waals surface area contributed by atoms with Crippen LogP contribution in [0, 0.1) is 17.5 Å². The Bertz CT molecular complexity index is 671. The maximum Gasteiger partial charge on any atom is 0.259 e. The zero-order valence-corrected chi connectivity index (χ0v) is 10.6. The second-order valence-corrected chi connectivity index (χ2v) is 4.31. The van der Waals surface area contributed by atoms with Crippen LogP contribution in [0.3, 0.4) is 0 Å². The van der Waals surface area contributed by atoms with Crippen molar-refractivity contribution in [1.82, 2.24) is 0 Å². The van der Waals surface area contributed by atoms with Crippen LogP contribution in [-0.2, 0) is 0 Å². The normalized spacial score (nSPS) is 10.4. The van der Waals surface area contributed by atoms with Crippen LogP contribution in [-0.4, -0.2) is 5.91 Å². The molecule has 2 rings (SSSR count). The van der Waals surface area contributed by atoms with E-state index in [-0.39, 0.29) is 16.3 Å². The predicted molar refractivity (Wildman–Crippen MR) is 70.1 cm³/mol. The lowest BCUT2D eigenvalue weighted by atomic mass is 10.1. The van der Waals surface area contributed by atoms with E-state index >= 15 is 0 Å². The van der Waals surface area contributed by atoms with Gasteiger partial charge in [0.25, 0.3) is 5.91 Å². The van der Waals surface area contributed by atoms with Crippen molar-refractivity contribution < 1.29 is 18.0 Å². The van der Waals surface area contributed by atoms with Crippen molar-refractivity contribution in [2.24, 2.45) is 0 Å². The van der Waals surface area contributed by atoms with E-state index in [1.165, 1.54) is 18.2 Å². The fourth-order valence-corrected chi connectivity index (χ4v) is 1.85. The Balaban J connectivity index is 2.35. The zero-order valence-electron chi connectivity index (χ0n) is 9.88. The van der Waals surface area contributed by atoms with Gasteiger partial charge in [-0.1, -0.05) is 17.7 Å². The molecular formula is C13H8ClF3N2O. The van der Waals surface area contributed by atoms with Crippen LogP contribution in [0.4, 0.5) is 24.5 Å². The third-order valence-corrected chi connectivity index (χ3v) is 2.85. The number of anilines is 2. The number of nitrogens with one attached hydrogen (secondary N) is 1. The van der Waals surface area contributed by atoms with Crippen LogP contribution in [0.15, 0.2) is 30.3 Å². The van der Waals surface area contributed by atoms with E-state index < -0.39 is 29.0 Å². The van der Waals surface area contributed by atoms with Crippen molar-refractivity contribution in [3.63, 3.8) is 0 Å². The Hall–Kier alpha value is -2.21. The van der Waals surface area contributed by atoms with Crippen LogP contribution >= 0.6 is 11.6 Å². The van der Waals surface area contributed by atoms with Gasteiger partial charge in [0.2, 0.25) is 0 Å². The number of carbonyl (C=O) groups excluding carboxylic acids is 1. The Morgan fingerprint density at radius 3 is 2.40 bits per heavy atom. The summed E-state index contributed by atoms with van der Waals surface area (Å²) >= 11 is 5.82. The molecule has 3 N–H and O–H groups in total. The first-order valence-corrected chi connectivity index (χ1v) is 5.78. The van der Waals surface area contributed by atoms with E-state index in [4.69, 9.17) is 17.3 Å². The van der Waals surface area contributed by atoms with Crippen molar-refractivity contribution in [3.05, 3.63) is 58.4 Å². The number of amides is 1. The summed E-state index contributed by atoms with van der Waals surface area (Å²) in [4.78, 5) is 11.9. The van der Waals surface area contributed by atoms with Crippen molar-refractivity contribution in [2.75, 3.05) is 11.1 Å². The molecule has 7 heteroatoms. The van der Waals surface area contributed by atoms with E-state index in [1.54, 1.807) is 0 Å². The van der Waals surface area contributed by atoms with Crippen molar-refractivity contribution in [2.45, 2.75) is 0 Å². The molecule has 3 nitrogen and oxygen atoms in total. The number of hydrogen-bond donors (Lipinski definition) is 2. The van der Waals surface area contributed by atoms with Gasteiger partial charge < -0.3 is 11.1 Å². The first-order chi connectivity index (χ1) is 9.40. The molecule has 20 heavy (non-hydrogen) atoms. The highest BCUT2D eigenvalue weighted by molar-refractivity contribution is 6.35. The first-order valence-electron chi connectivity index (χ1n) is 5.40. The lowest BCUT2D eigenvalue weighted by Gasteiger charge is -2.10. The standard InChI is InChI=1S/C13H8ClF3N2O/c14-6-2-1-3-10(18)12(6)13(20)19-11-5-8(16)7(15)4-9(11)17/h1-5H,18H2,(H,19,20). The minimum Gasteiger partial charge on any atom is -0.398 e. The summed E-state index contributed by atoms with van der Waals surface area (Å²) in [6.07, 6.45) is 0. The summed E-state index contributed by atoms with van der Waals surface area (Å²) in [7, 11) is 0. The van der Waals surface area contributed by atoms with Crippen LogP contribution in [0.2, 0.25) is 5.02 Å². The van der Waals surface area contributed by atoms with Crippen LogP contribution in [0.5, 0.6) is 0 Å². The van der Waals surface area contributed by atoms with Crippen molar-refractivity contribution in [1.29, 1.82) is 0 Å². The van der Waals surface area contributed by atoms with Gasteiger partial charge >= 0.3 is 0 Å². The summed E-state index contributed by atoms with van der Waals surface area (Å²) in [6, 6.07) is 5.26.